The van der Waals surface area contributed by atoms with Gasteiger partial charge >= 0.3 is 0 Å². The molecule has 6 heteroatoms. The second-order valence-electron chi connectivity index (χ2n) is 4.99. The Balaban J connectivity index is 3.11. The van der Waals surface area contributed by atoms with E-state index in [0.29, 0.717) is 23.9 Å². The highest BCUT2D eigenvalue weighted by Crippen LogP contribution is 2.20. The molecule has 1 aromatic rings. The first-order valence-corrected chi connectivity index (χ1v) is 7.25. The molecule has 0 saturated heterocycles. The Hall–Kier alpha value is -1.10. The predicted octanol–water partition coefficient (Wildman–Crippen LogP) is 3.22. The van der Waals surface area contributed by atoms with Crippen LogP contribution in [0, 0.1) is 5.92 Å². The van der Waals surface area contributed by atoms with Gasteiger partial charge in [-0.25, -0.2) is 0 Å². The maximum Gasteiger partial charge on any atom is 0.231 e. The van der Waals surface area contributed by atoms with Gasteiger partial charge in [0.05, 0.1) is 0 Å². The molecule has 0 atom stereocenters. The van der Waals surface area contributed by atoms with Crippen LogP contribution in [0.25, 0.3) is 0 Å². The van der Waals surface area contributed by atoms with Gasteiger partial charge in [-0.05, 0) is 30.4 Å². The zero-order valence-corrected chi connectivity index (χ0v) is 13.2. The van der Waals surface area contributed by atoms with Gasteiger partial charge in [-0.2, -0.15) is 15.0 Å². The summed E-state index contributed by atoms with van der Waals surface area (Å²) >= 11 is 5.97. The summed E-state index contributed by atoms with van der Waals surface area (Å²) in [6.45, 7) is 9.66. The van der Waals surface area contributed by atoms with Crippen molar-refractivity contribution in [2.75, 3.05) is 23.8 Å². The van der Waals surface area contributed by atoms with E-state index in [0.717, 1.165) is 19.4 Å². The van der Waals surface area contributed by atoms with Crippen LogP contribution in [-0.2, 0) is 0 Å². The van der Waals surface area contributed by atoms with Crippen LogP contribution in [0.5, 0.6) is 0 Å². The normalized spacial score (nSPS) is 11.2. The first-order valence-electron chi connectivity index (χ1n) is 6.87. The third-order valence-electron chi connectivity index (χ3n) is 3.02. The Morgan fingerprint density at radius 2 is 1.79 bits per heavy atom. The molecule has 0 spiro atoms. The summed E-state index contributed by atoms with van der Waals surface area (Å²) < 4.78 is 0. The molecule has 0 amide bonds. The van der Waals surface area contributed by atoms with Crippen LogP contribution in [0.3, 0.4) is 0 Å². The summed E-state index contributed by atoms with van der Waals surface area (Å²) in [5, 5.41) is 3.15. The van der Waals surface area contributed by atoms with E-state index in [2.05, 4.69) is 52.9 Å². The standard InChI is InChI=1S/C13H24ClN5/c1-6-10(7-2)19(8-9(3)4)13-17-11(14)16-12(15-5)18-13/h9-10H,6-8H2,1-5H3,(H,15,16,17,18). The van der Waals surface area contributed by atoms with Crippen LogP contribution >= 0.6 is 11.6 Å². The number of halogens is 1. The maximum atomic E-state index is 5.97. The Labute approximate surface area is 120 Å². The van der Waals surface area contributed by atoms with Crippen LogP contribution in [0.2, 0.25) is 5.28 Å². The van der Waals surface area contributed by atoms with Gasteiger partial charge in [0.1, 0.15) is 0 Å². The average Bonchev–Trinajstić information content (AvgIpc) is 2.37. The molecule has 0 unspecified atom stereocenters. The molecule has 0 aromatic carbocycles. The minimum Gasteiger partial charge on any atom is -0.357 e. The fourth-order valence-electron chi connectivity index (χ4n) is 2.10. The number of aromatic nitrogens is 3. The maximum absolute atomic E-state index is 5.97. The summed E-state index contributed by atoms with van der Waals surface area (Å²) in [6.07, 6.45) is 2.11. The lowest BCUT2D eigenvalue weighted by Crippen LogP contribution is -2.38. The first-order chi connectivity index (χ1) is 9.01. The van der Waals surface area contributed by atoms with Crippen LogP contribution in [0.4, 0.5) is 11.9 Å². The highest BCUT2D eigenvalue weighted by atomic mass is 35.5. The highest BCUT2D eigenvalue weighted by molar-refractivity contribution is 6.28. The monoisotopic (exact) mass is 285 g/mol. The number of nitrogens with zero attached hydrogens (tertiary/aromatic N) is 4. The zero-order valence-electron chi connectivity index (χ0n) is 12.4. The largest absolute Gasteiger partial charge is 0.357 e. The van der Waals surface area contributed by atoms with E-state index in [9.17, 15) is 0 Å². The second kappa shape index (κ2) is 7.48. The van der Waals surface area contributed by atoms with E-state index in [1.165, 1.54) is 0 Å². The predicted molar refractivity (Wildman–Crippen MR) is 80.9 cm³/mol. The molecule has 0 radical (unpaired) electrons. The third kappa shape index (κ3) is 4.49. The lowest BCUT2D eigenvalue weighted by atomic mass is 10.1. The van der Waals surface area contributed by atoms with Gasteiger partial charge in [-0.15, -0.1) is 0 Å². The molecular formula is C13H24ClN5. The molecule has 0 fully saturated rings. The molecule has 0 bridgehead atoms. The fourth-order valence-corrected chi connectivity index (χ4v) is 2.25. The van der Waals surface area contributed by atoms with Gasteiger partial charge in [0, 0.05) is 19.6 Å². The van der Waals surface area contributed by atoms with Crippen molar-refractivity contribution in [3.63, 3.8) is 0 Å². The van der Waals surface area contributed by atoms with Crippen LogP contribution < -0.4 is 10.2 Å². The molecule has 5 nitrogen and oxygen atoms in total. The third-order valence-corrected chi connectivity index (χ3v) is 3.19. The van der Waals surface area contributed by atoms with Crippen molar-refractivity contribution >= 4 is 23.5 Å². The number of nitrogens with one attached hydrogen (secondary N) is 1. The zero-order chi connectivity index (χ0) is 14.4. The number of hydrogen-bond acceptors (Lipinski definition) is 5. The lowest BCUT2D eigenvalue weighted by molar-refractivity contribution is 0.498. The van der Waals surface area contributed by atoms with Crippen molar-refractivity contribution in [3.8, 4) is 0 Å². The van der Waals surface area contributed by atoms with E-state index in [1.807, 2.05) is 0 Å². The quantitative estimate of drug-likeness (QED) is 0.834. The van der Waals surface area contributed by atoms with Crippen molar-refractivity contribution in [1.82, 2.24) is 15.0 Å². The summed E-state index contributed by atoms with van der Waals surface area (Å²) in [5.41, 5.74) is 0. The molecule has 0 aliphatic rings. The second-order valence-corrected chi connectivity index (χ2v) is 5.33. The van der Waals surface area contributed by atoms with Crippen molar-refractivity contribution in [3.05, 3.63) is 5.28 Å². The van der Waals surface area contributed by atoms with Crippen LogP contribution in [0.15, 0.2) is 0 Å². The molecule has 1 aromatic heterocycles. The summed E-state index contributed by atoms with van der Waals surface area (Å²) in [4.78, 5) is 15.0. The van der Waals surface area contributed by atoms with E-state index in [4.69, 9.17) is 11.6 Å². The van der Waals surface area contributed by atoms with E-state index in [1.54, 1.807) is 7.05 Å². The number of rotatable bonds is 7. The highest BCUT2D eigenvalue weighted by Gasteiger charge is 2.20. The van der Waals surface area contributed by atoms with Gasteiger partial charge in [-0.1, -0.05) is 27.7 Å². The average molecular weight is 286 g/mol. The van der Waals surface area contributed by atoms with Crippen LogP contribution in [0.1, 0.15) is 40.5 Å². The minimum atomic E-state index is 0.231. The smallest absolute Gasteiger partial charge is 0.231 e. The van der Waals surface area contributed by atoms with Crippen molar-refractivity contribution in [2.45, 2.75) is 46.6 Å². The van der Waals surface area contributed by atoms with Gasteiger partial charge < -0.3 is 10.2 Å². The first kappa shape index (κ1) is 16.0. The molecule has 108 valence electrons. The molecule has 0 saturated carbocycles. The fraction of sp³-hybridized carbons (Fsp3) is 0.769. The van der Waals surface area contributed by atoms with Crippen molar-refractivity contribution in [1.29, 1.82) is 0 Å². The SMILES string of the molecule is CCC(CC)N(CC(C)C)c1nc(Cl)nc(NC)n1. The molecular weight excluding hydrogens is 262 g/mol. The minimum absolute atomic E-state index is 0.231. The Bertz CT molecular complexity index is 393. The molecule has 0 aliphatic carbocycles. The number of hydrogen-bond donors (Lipinski definition) is 1. The summed E-state index contributed by atoms with van der Waals surface area (Å²) in [5.74, 6) is 1.70. The Morgan fingerprint density at radius 1 is 1.16 bits per heavy atom. The molecule has 0 aliphatic heterocycles. The van der Waals surface area contributed by atoms with Gasteiger partial charge in [0.25, 0.3) is 0 Å². The van der Waals surface area contributed by atoms with E-state index < -0.39 is 0 Å². The number of anilines is 2. The Morgan fingerprint density at radius 3 is 2.26 bits per heavy atom. The van der Waals surface area contributed by atoms with E-state index >= 15 is 0 Å². The van der Waals surface area contributed by atoms with Gasteiger partial charge in [0.2, 0.25) is 17.2 Å². The summed E-state index contributed by atoms with van der Waals surface area (Å²) in [7, 11) is 1.78. The van der Waals surface area contributed by atoms with Crippen LogP contribution in [-0.4, -0.2) is 34.6 Å². The molecule has 1 N–H and O–H groups in total. The molecule has 1 heterocycles. The van der Waals surface area contributed by atoms with E-state index in [-0.39, 0.29) is 5.28 Å². The van der Waals surface area contributed by atoms with Crippen molar-refractivity contribution in [2.24, 2.45) is 5.92 Å². The van der Waals surface area contributed by atoms with Gasteiger partial charge in [0.15, 0.2) is 0 Å². The Kier molecular flexibility index (Phi) is 6.28. The lowest BCUT2D eigenvalue weighted by Gasteiger charge is -2.32. The topological polar surface area (TPSA) is 53.9 Å². The van der Waals surface area contributed by atoms with Crippen molar-refractivity contribution < 1.29 is 0 Å². The van der Waals surface area contributed by atoms with Gasteiger partial charge in [-0.3, -0.25) is 0 Å². The summed E-state index contributed by atoms with van der Waals surface area (Å²) in [6, 6.07) is 0.422. The molecule has 1 rings (SSSR count). The molecule has 19 heavy (non-hydrogen) atoms.